The number of carbonyl (C=O) groups is 4. The van der Waals surface area contributed by atoms with Crippen molar-refractivity contribution in [1.82, 2.24) is 4.90 Å². The van der Waals surface area contributed by atoms with Crippen LogP contribution in [0.3, 0.4) is 0 Å². The minimum atomic E-state index is -0.683. The molecule has 1 N–H and O–H groups in total. The second-order valence-corrected chi connectivity index (χ2v) is 10.0. The molecule has 0 saturated carbocycles. The lowest BCUT2D eigenvalue weighted by Gasteiger charge is -2.42. The molecule has 0 aromatic heterocycles. The molecule has 1 heterocycles. The molecule has 7 nitrogen and oxygen atoms in total. The van der Waals surface area contributed by atoms with Gasteiger partial charge in [0.15, 0.2) is 11.6 Å². The number of aromatic hydroxyl groups is 1. The molecule has 2 amide bonds. The number of allylic oxidation sites excluding steroid dienone is 6. The zero-order valence-corrected chi connectivity index (χ0v) is 20.4. The molecule has 1 saturated heterocycles. The highest BCUT2D eigenvalue weighted by Gasteiger charge is 2.56. The monoisotopic (exact) mass is 525 g/mol. The highest BCUT2D eigenvalue weighted by atomic mass is 79.9. The number of ketones is 2. The van der Waals surface area contributed by atoms with Gasteiger partial charge in [0.25, 0.3) is 0 Å². The van der Waals surface area contributed by atoms with Crippen LogP contribution in [0.25, 0.3) is 0 Å². The van der Waals surface area contributed by atoms with Crippen LogP contribution in [0, 0.1) is 17.8 Å². The van der Waals surface area contributed by atoms with Gasteiger partial charge in [-0.05, 0) is 47.2 Å². The fraction of sp³-hybridized carbons (Fsp3) is 0.385. The summed E-state index contributed by atoms with van der Waals surface area (Å²) in [5, 5.41) is 10.9. The molecular formula is C26H24BrNO6. The maximum Gasteiger partial charge on any atom is 0.233 e. The predicted octanol–water partition coefficient (Wildman–Crippen LogP) is 3.57. The van der Waals surface area contributed by atoms with Crippen LogP contribution in [-0.2, 0) is 19.2 Å². The number of carbonyl (C=O) groups excluding carboxylic acids is 4. The van der Waals surface area contributed by atoms with Crippen LogP contribution in [0.1, 0.15) is 37.7 Å². The maximum absolute atomic E-state index is 13.4. The minimum Gasteiger partial charge on any atom is -0.507 e. The molecule has 176 valence electrons. The van der Waals surface area contributed by atoms with E-state index in [1.54, 1.807) is 12.1 Å². The number of likely N-dealkylation sites (tertiary alicyclic amines) is 1. The molecule has 1 aliphatic heterocycles. The Kier molecular flexibility index (Phi) is 5.59. The number of benzene rings is 1. The molecular weight excluding hydrogens is 502 g/mol. The minimum absolute atomic E-state index is 0.0600. The van der Waals surface area contributed by atoms with Crippen LogP contribution in [0.5, 0.6) is 11.5 Å². The van der Waals surface area contributed by atoms with E-state index in [4.69, 9.17) is 4.74 Å². The van der Waals surface area contributed by atoms with E-state index < -0.39 is 23.7 Å². The van der Waals surface area contributed by atoms with E-state index in [2.05, 4.69) is 15.9 Å². The number of rotatable bonds is 4. The summed E-state index contributed by atoms with van der Waals surface area (Å²) in [7, 11) is 1.49. The third-order valence-electron chi connectivity index (χ3n) is 7.42. The van der Waals surface area contributed by atoms with Gasteiger partial charge in [-0.2, -0.15) is 0 Å². The molecule has 0 spiro atoms. The lowest BCUT2D eigenvalue weighted by Crippen LogP contribution is -2.39. The predicted molar refractivity (Wildman–Crippen MR) is 126 cm³/mol. The molecule has 0 bridgehead atoms. The molecule has 1 fully saturated rings. The molecule has 34 heavy (non-hydrogen) atoms. The maximum atomic E-state index is 13.4. The van der Waals surface area contributed by atoms with Crippen molar-refractivity contribution >= 4 is 39.3 Å². The Balaban J connectivity index is 1.68. The van der Waals surface area contributed by atoms with Gasteiger partial charge < -0.3 is 9.84 Å². The van der Waals surface area contributed by atoms with Crippen molar-refractivity contribution in [2.24, 2.45) is 17.8 Å². The Bertz CT molecular complexity index is 1240. The summed E-state index contributed by atoms with van der Waals surface area (Å²) in [4.78, 5) is 54.1. The summed E-state index contributed by atoms with van der Waals surface area (Å²) in [6.07, 6.45) is 4.48. The van der Waals surface area contributed by atoms with Crippen molar-refractivity contribution in [3.8, 4) is 11.5 Å². The van der Waals surface area contributed by atoms with Gasteiger partial charge in [-0.25, -0.2) is 0 Å². The van der Waals surface area contributed by atoms with E-state index in [0.717, 1.165) is 5.57 Å². The SMILES string of the molecule is CCCN1C(=O)C2CC=C3C(c4ccc(OC)cc4O)C4=C(CC3C2C1=O)C(=O)C(Br)=CC4=O. The summed E-state index contributed by atoms with van der Waals surface area (Å²) in [6.45, 7) is 2.29. The van der Waals surface area contributed by atoms with Crippen molar-refractivity contribution in [2.75, 3.05) is 13.7 Å². The fourth-order valence-electron chi connectivity index (χ4n) is 5.97. The Morgan fingerprint density at radius 1 is 1.15 bits per heavy atom. The number of halogens is 1. The first kappa shape index (κ1) is 22.8. The quantitative estimate of drug-likeness (QED) is 0.366. The van der Waals surface area contributed by atoms with Crippen molar-refractivity contribution in [3.05, 3.63) is 57.1 Å². The molecule has 4 atom stereocenters. The van der Waals surface area contributed by atoms with E-state index in [1.807, 2.05) is 13.0 Å². The second-order valence-electron chi connectivity index (χ2n) is 9.15. The highest BCUT2D eigenvalue weighted by Crippen LogP contribution is 2.56. The average Bonchev–Trinajstić information content (AvgIpc) is 3.06. The number of imide groups is 1. The van der Waals surface area contributed by atoms with Crippen molar-refractivity contribution in [3.63, 3.8) is 0 Å². The second kappa shape index (κ2) is 8.34. The topological polar surface area (TPSA) is 101 Å². The number of amides is 2. The standard InChI is InChI=1S/C26H24BrNO6/c1-3-8-28-25(32)15-7-6-13-16(22(15)26(28)33)10-17-23(20(30)11-18(27)24(17)31)21(13)14-5-4-12(34-2)9-19(14)29/h4-6,9,11,15-16,21-22,29H,3,7-8,10H2,1-2H3. The average molecular weight is 526 g/mol. The molecule has 3 aliphatic carbocycles. The number of phenolic OH excluding ortho intramolecular Hbond substituents is 1. The van der Waals surface area contributed by atoms with Gasteiger partial charge in [0.1, 0.15) is 11.5 Å². The zero-order valence-electron chi connectivity index (χ0n) is 18.8. The van der Waals surface area contributed by atoms with Crippen molar-refractivity contribution in [1.29, 1.82) is 0 Å². The first-order valence-electron chi connectivity index (χ1n) is 11.4. The largest absolute Gasteiger partial charge is 0.507 e. The third kappa shape index (κ3) is 3.22. The Labute approximate surface area is 205 Å². The first-order chi connectivity index (χ1) is 16.3. The van der Waals surface area contributed by atoms with E-state index in [1.165, 1.54) is 24.2 Å². The molecule has 1 aromatic carbocycles. The molecule has 1 aromatic rings. The summed E-state index contributed by atoms with van der Waals surface area (Å²) in [6, 6.07) is 4.85. The van der Waals surface area contributed by atoms with E-state index >= 15 is 0 Å². The number of phenols is 1. The van der Waals surface area contributed by atoms with E-state index in [9.17, 15) is 24.3 Å². The van der Waals surface area contributed by atoms with E-state index in [0.29, 0.717) is 41.8 Å². The van der Waals surface area contributed by atoms with Gasteiger partial charge in [0.2, 0.25) is 11.8 Å². The van der Waals surface area contributed by atoms with Gasteiger partial charge in [0.05, 0.1) is 23.4 Å². The number of hydrogen-bond donors (Lipinski definition) is 1. The van der Waals surface area contributed by atoms with Gasteiger partial charge in [0, 0.05) is 41.3 Å². The molecule has 0 radical (unpaired) electrons. The molecule has 5 rings (SSSR count). The normalized spacial score (nSPS) is 28.4. The third-order valence-corrected chi connectivity index (χ3v) is 8.01. The fourth-order valence-corrected chi connectivity index (χ4v) is 6.41. The van der Waals surface area contributed by atoms with Gasteiger partial charge in [-0.3, -0.25) is 24.1 Å². The highest BCUT2D eigenvalue weighted by molar-refractivity contribution is 9.12. The Morgan fingerprint density at radius 3 is 2.59 bits per heavy atom. The number of methoxy groups -OCH3 is 1. The molecule has 4 aliphatic rings. The lowest BCUT2D eigenvalue weighted by molar-refractivity contribution is -0.140. The molecule has 4 unspecified atom stereocenters. The summed E-state index contributed by atoms with van der Waals surface area (Å²) < 4.78 is 5.39. The van der Waals surface area contributed by atoms with Crippen molar-refractivity contribution < 1.29 is 29.0 Å². The van der Waals surface area contributed by atoms with Gasteiger partial charge in [-0.1, -0.05) is 24.6 Å². The Hall–Kier alpha value is -3.00. The first-order valence-corrected chi connectivity index (χ1v) is 12.2. The van der Waals surface area contributed by atoms with Crippen LogP contribution >= 0.6 is 15.9 Å². The summed E-state index contributed by atoms with van der Waals surface area (Å²) in [5.74, 6) is -2.70. The van der Waals surface area contributed by atoms with Crippen LogP contribution in [0.4, 0.5) is 0 Å². The van der Waals surface area contributed by atoms with Crippen LogP contribution < -0.4 is 4.74 Å². The van der Waals surface area contributed by atoms with Gasteiger partial charge in [-0.15, -0.1) is 0 Å². The number of ether oxygens (including phenoxy) is 1. The lowest BCUT2D eigenvalue weighted by atomic mass is 9.59. The summed E-state index contributed by atoms with van der Waals surface area (Å²) in [5.41, 5.74) is 1.96. The van der Waals surface area contributed by atoms with E-state index in [-0.39, 0.29) is 40.0 Å². The van der Waals surface area contributed by atoms with Crippen LogP contribution in [0.15, 0.2) is 51.6 Å². The number of nitrogens with zero attached hydrogens (tertiary/aromatic N) is 1. The Morgan fingerprint density at radius 2 is 1.91 bits per heavy atom. The number of fused-ring (bicyclic) bond motifs is 3. The van der Waals surface area contributed by atoms with Crippen LogP contribution in [-0.4, -0.2) is 47.0 Å². The van der Waals surface area contributed by atoms with Gasteiger partial charge >= 0.3 is 0 Å². The van der Waals surface area contributed by atoms with Crippen molar-refractivity contribution in [2.45, 2.75) is 32.1 Å². The number of hydrogen-bond acceptors (Lipinski definition) is 6. The zero-order chi connectivity index (χ0) is 24.3. The smallest absolute Gasteiger partial charge is 0.233 e. The summed E-state index contributed by atoms with van der Waals surface area (Å²) >= 11 is 3.21. The molecule has 8 heteroatoms. The number of Topliss-reactive ketones (excluding diaryl/α,β-unsaturated/α-hetero) is 1. The van der Waals surface area contributed by atoms with Crippen LogP contribution in [0.2, 0.25) is 0 Å².